The molecule has 136 valence electrons. The lowest BCUT2D eigenvalue weighted by molar-refractivity contribution is -0.146. The molecule has 8 heteroatoms. The molecule has 0 amide bonds. The first-order chi connectivity index (χ1) is 11.9. The lowest BCUT2D eigenvalue weighted by atomic mass is 10.2. The van der Waals surface area contributed by atoms with Gasteiger partial charge in [0.1, 0.15) is 0 Å². The number of carbonyl (C=O) groups excluding carboxylic acids is 2. The Balaban J connectivity index is 2.44. The molecule has 0 unspecified atom stereocenters. The minimum atomic E-state index is -1.58. The Morgan fingerprint density at radius 3 is 1.96 bits per heavy atom. The van der Waals surface area contributed by atoms with Crippen LogP contribution < -0.4 is 4.90 Å². The maximum absolute atomic E-state index is 13.5. The molecule has 0 heterocycles. The molecule has 0 radical (unpaired) electrons. The number of hydrogen-bond donors (Lipinski definition) is 0. The molecule has 2 rings (SSSR count). The Bertz CT molecular complexity index is 658. The van der Waals surface area contributed by atoms with E-state index in [1.54, 1.807) is 13.8 Å². The zero-order valence-electron chi connectivity index (χ0n) is 13.9. The van der Waals surface area contributed by atoms with Crippen LogP contribution >= 0.6 is 0 Å². The molecule has 0 atom stereocenters. The molecule has 25 heavy (non-hydrogen) atoms. The Labute approximate surface area is 143 Å². The summed E-state index contributed by atoms with van der Waals surface area (Å²) < 4.78 is 49.9. The number of benzene rings is 1. The van der Waals surface area contributed by atoms with Crippen molar-refractivity contribution in [3.8, 4) is 0 Å². The van der Waals surface area contributed by atoms with Gasteiger partial charge in [-0.15, -0.1) is 0 Å². The third kappa shape index (κ3) is 4.52. The van der Waals surface area contributed by atoms with Crippen molar-refractivity contribution in [2.75, 3.05) is 18.1 Å². The topological polar surface area (TPSA) is 55.8 Å². The highest BCUT2D eigenvalue weighted by Gasteiger charge is 2.32. The van der Waals surface area contributed by atoms with Gasteiger partial charge in [-0.25, -0.2) is 22.8 Å². The Kier molecular flexibility index (Phi) is 6.06. The SMILES string of the molecule is CCOC(=O)C(=CN(c1cc(F)c(F)c(F)c1)C1CC1)C(=O)OCC. The van der Waals surface area contributed by atoms with Crippen molar-refractivity contribution in [2.45, 2.75) is 32.7 Å². The van der Waals surface area contributed by atoms with Crippen LogP contribution in [0.15, 0.2) is 23.9 Å². The number of ether oxygens (including phenoxy) is 2. The quantitative estimate of drug-likeness (QED) is 0.247. The van der Waals surface area contributed by atoms with Gasteiger partial charge in [0.25, 0.3) is 0 Å². The summed E-state index contributed by atoms with van der Waals surface area (Å²) >= 11 is 0. The van der Waals surface area contributed by atoms with Gasteiger partial charge in [-0.2, -0.15) is 0 Å². The lowest BCUT2D eigenvalue weighted by Crippen LogP contribution is -2.26. The minimum Gasteiger partial charge on any atom is -0.462 e. The third-order valence-corrected chi connectivity index (χ3v) is 3.47. The Morgan fingerprint density at radius 2 is 1.56 bits per heavy atom. The largest absolute Gasteiger partial charge is 0.462 e. The van der Waals surface area contributed by atoms with E-state index in [-0.39, 0.29) is 24.9 Å². The fourth-order valence-electron chi connectivity index (χ4n) is 2.18. The van der Waals surface area contributed by atoms with Gasteiger partial charge in [-0.1, -0.05) is 0 Å². The summed E-state index contributed by atoms with van der Waals surface area (Å²) in [4.78, 5) is 25.4. The molecule has 0 aromatic heterocycles. The van der Waals surface area contributed by atoms with Crippen molar-refractivity contribution >= 4 is 17.6 Å². The van der Waals surface area contributed by atoms with Crippen molar-refractivity contribution in [1.29, 1.82) is 0 Å². The molecule has 0 bridgehead atoms. The highest BCUT2D eigenvalue weighted by Crippen LogP contribution is 2.34. The highest BCUT2D eigenvalue weighted by atomic mass is 19.2. The number of nitrogens with zero attached hydrogens (tertiary/aromatic N) is 1. The van der Waals surface area contributed by atoms with Crippen molar-refractivity contribution in [2.24, 2.45) is 0 Å². The molecule has 1 aromatic rings. The van der Waals surface area contributed by atoms with Crippen LogP contribution in [0.25, 0.3) is 0 Å². The van der Waals surface area contributed by atoms with E-state index in [1.165, 1.54) is 4.90 Å². The minimum absolute atomic E-state index is 0.00926. The van der Waals surface area contributed by atoms with Crippen LogP contribution in [0.5, 0.6) is 0 Å². The first-order valence-corrected chi connectivity index (χ1v) is 7.87. The van der Waals surface area contributed by atoms with Crippen LogP contribution in [0.1, 0.15) is 26.7 Å². The average Bonchev–Trinajstić information content (AvgIpc) is 3.38. The molecule has 1 aromatic carbocycles. The molecule has 1 fully saturated rings. The summed E-state index contributed by atoms with van der Waals surface area (Å²) in [6.07, 6.45) is 2.52. The van der Waals surface area contributed by atoms with Gasteiger partial charge < -0.3 is 14.4 Å². The molecule has 5 nitrogen and oxygen atoms in total. The Morgan fingerprint density at radius 1 is 1.08 bits per heavy atom. The van der Waals surface area contributed by atoms with Gasteiger partial charge >= 0.3 is 11.9 Å². The fraction of sp³-hybridized carbons (Fsp3) is 0.412. The standard InChI is InChI=1S/C17H18F3NO4/c1-3-24-16(22)12(17(23)25-4-2)9-21(10-5-6-10)11-7-13(18)15(20)14(19)8-11/h7-10H,3-6H2,1-2H3. The van der Waals surface area contributed by atoms with E-state index in [9.17, 15) is 22.8 Å². The van der Waals surface area contributed by atoms with Gasteiger partial charge in [0.15, 0.2) is 23.0 Å². The van der Waals surface area contributed by atoms with E-state index in [4.69, 9.17) is 9.47 Å². The summed E-state index contributed by atoms with van der Waals surface area (Å²) in [5, 5.41) is 0. The van der Waals surface area contributed by atoms with Crippen LogP contribution in [0.3, 0.4) is 0 Å². The maximum Gasteiger partial charge on any atom is 0.347 e. The predicted octanol–water partition coefficient (Wildman–Crippen LogP) is 3.08. The zero-order chi connectivity index (χ0) is 18.6. The molecule has 1 saturated carbocycles. The number of esters is 2. The molecule has 0 saturated heterocycles. The number of halogens is 3. The van der Waals surface area contributed by atoms with Crippen molar-refractivity contribution in [1.82, 2.24) is 0 Å². The second-order valence-corrected chi connectivity index (χ2v) is 5.35. The maximum atomic E-state index is 13.5. The molecule has 1 aliphatic rings. The summed E-state index contributed by atoms with van der Waals surface area (Å²) in [7, 11) is 0. The van der Waals surface area contributed by atoms with Gasteiger partial charge in [0.05, 0.1) is 13.2 Å². The van der Waals surface area contributed by atoms with Crippen LogP contribution in [0, 0.1) is 17.5 Å². The van der Waals surface area contributed by atoms with Gasteiger partial charge in [-0.3, -0.25) is 0 Å². The highest BCUT2D eigenvalue weighted by molar-refractivity contribution is 6.14. The summed E-state index contributed by atoms with van der Waals surface area (Å²) in [5.41, 5.74) is -0.411. The second kappa shape index (κ2) is 8.04. The first kappa shape index (κ1) is 18.8. The van der Waals surface area contributed by atoms with E-state index in [2.05, 4.69) is 0 Å². The lowest BCUT2D eigenvalue weighted by Gasteiger charge is -2.21. The molecule has 0 spiro atoms. The monoisotopic (exact) mass is 357 g/mol. The summed E-state index contributed by atoms with van der Waals surface area (Å²) in [5.74, 6) is -6.12. The zero-order valence-corrected chi connectivity index (χ0v) is 13.9. The second-order valence-electron chi connectivity index (χ2n) is 5.35. The summed E-state index contributed by atoms with van der Waals surface area (Å²) in [6.45, 7) is 3.23. The number of carbonyl (C=O) groups is 2. The molecule has 0 N–H and O–H groups in total. The van der Waals surface area contributed by atoms with E-state index in [0.29, 0.717) is 12.8 Å². The fourth-order valence-corrected chi connectivity index (χ4v) is 2.18. The van der Waals surface area contributed by atoms with Crippen LogP contribution in [0.4, 0.5) is 18.9 Å². The number of rotatable bonds is 7. The number of hydrogen-bond acceptors (Lipinski definition) is 5. The first-order valence-electron chi connectivity index (χ1n) is 7.87. The van der Waals surface area contributed by atoms with E-state index in [1.807, 2.05) is 0 Å². The predicted molar refractivity (Wildman–Crippen MR) is 83.2 cm³/mol. The van der Waals surface area contributed by atoms with E-state index in [0.717, 1.165) is 18.3 Å². The smallest absolute Gasteiger partial charge is 0.347 e. The van der Waals surface area contributed by atoms with E-state index >= 15 is 0 Å². The Hall–Kier alpha value is -2.51. The van der Waals surface area contributed by atoms with Crippen LogP contribution in [0.2, 0.25) is 0 Å². The third-order valence-electron chi connectivity index (χ3n) is 3.47. The molecule has 0 aliphatic heterocycles. The van der Waals surface area contributed by atoms with Gasteiger partial charge in [0, 0.05) is 30.1 Å². The van der Waals surface area contributed by atoms with Gasteiger partial charge in [0.2, 0.25) is 0 Å². The normalized spacial score (nSPS) is 13.2. The van der Waals surface area contributed by atoms with E-state index < -0.39 is 35.0 Å². The molecular formula is C17H18F3NO4. The number of anilines is 1. The molecular weight excluding hydrogens is 339 g/mol. The van der Waals surface area contributed by atoms with Gasteiger partial charge in [-0.05, 0) is 26.7 Å². The summed E-state index contributed by atoms with van der Waals surface area (Å²) in [6, 6.07) is 1.45. The van der Waals surface area contributed by atoms with Crippen molar-refractivity contribution < 1.29 is 32.2 Å². The van der Waals surface area contributed by atoms with Crippen molar-refractivity contribution in [3.63, 3.8) is 0 Å². The molecule has 1 aliphatic carbocycles. The van der Waals surface area contributed by atoms with Crippen LogP contribution in [-0.4, -0.2) is 31.2 Å². The van der Waals surface area contributed by atoms with Crippen molar-refractivity contribution in [3.05, 3.63) is 41.4 Å². The average molecular weight is 357 g/mol. The van der Waals surface area contributed by atoms with Crippen LogP contribution in [-0.2, 0) is 19.1 Å².